The summed E-state index contributed by atoms with van der Waals surface area (Å²) in [6.07, 6.45) is 6.96. The van der Waals surface area contributed by atoms with E-state index in [9.17, 15) is 9.90 Å². The molecule has 4 rings (SSSR count). The Labute approximate surface area is 210 Å². The largest absolute Gasteiger partial charge is 0.457 e. The molecule has 1 aromatic rings. The van der Waals surface area contributed by atoms with Crippen LogP contribution in [-0.4, -0.2) is 60.4 Å². The minimum absolute atomic E-state index is 0.00838. The zero-order chi connectivity index (χ0) is 24.6. The maximum atomic E-state index is 11.7. The Hall–Kier alpha value is -1.56. The molecule has 1 saturated carbocycles. The zero-order valence-electron chi connectivity index (χ0n) is 21.2. The Morgan fingerprint density at radius 2 is 1.97 bits per heavy atom. The number of hydrogen-bond donors (Lipinski definition) is 1. The molecule has 1 N–H and O–H groups in total. The van der Waals surface area contributed by atoms with E-state index in [2.05, 4.69) is 54.3 Å². The number of hydrogen-bond acceptors (Lipinski definition) is 5. The SMILES string of the molecule is CC(=O)O[C@@H]1[C][C@@]2(O)[C@H](C)CC[C@@H]([C@H](C)CN3CCN(c4ccc(C)c(Cl)c4)CC3)[C@H]2C=C1C. The van der Waals surface area contributed by atoms with Gasteiger partial charge in [0.25, 0.3) is 0 Å². The van der Waals surface area contributed by atoms with E-state index in [1.165, 1.54) is 12.6 Å². The maximum absolute atomic E-state index is 11.7. The van der Waals surface area contributed by atoms with Gasteiger partial charge < -0.3 is 14.7 Å². The van der Waals surface area contributed by atoms with Crippen LogP contribution in [0.4, 0.5) is 5.69 Å². The number of carbonyl (C=O) groups is 1. The second-order valence-electron chi connectivity index (χ2n) is 10.7. The van der Waals surface area contributed by atoms with Gasteiger partial charge in [0.2, 0.25) is 0 Å². The molecule has 0 bridgehead atoms. The van der Waals surface area contributed by atoms with Crippen LogP contribution in [0.3, 0.4) is 0 Å². The number of rotatable bonds is 5. The Morgan fingerprint density at radius 3 is 2.62 bits per heavy atom. The van der Waals surface area contributed by atoms with Gasteiger partial charge in [0, 0.05) is 56.3 Å². The van der Waals surface area contributed by atoms with Crippen LogP contribution in [0.5, 0.6) is 0 Å². The van der Waals surface area contributed by atoms with E-state index >= 15 is 0 Å². The van der Waals surface area contributed by atoms with Crippen LogP contribution in [-0.2, 0) is 9.53 Å². The van der Waals surface area contributed by atoms with Crippen molar-refractivity contribution >= 4 is 23.3 Å². The van der Waals surface area contributed by atoms with Crippen molar-refractivity contribution < 1.29 is 14.6 Å². The first-order valence-corrected chi connectivity index (χ1v) is 13.1. The van der Waals surface area contributed by atoms with E-state index in [0.717, 1.165) is 61.7 Å². The second kappa shape index (κ2) is 10.2. The third-order valence-corrected chi connectivity index (χ3v) is 8.73. The third kappa shape index (κ3) is 5.17. The van der Waals surface area contributed by atoms with Crippen LogP contribution in [0.15, 0.2) is 29.8 Å². The molecule has 2 radical (unpaired) electrons. The summed E-state index contributed by atoms with van der Waals surface area (Å²) in [5, 5.41) is 12.5. The quantitative estimate of drug-likeness (QED) is 0.479. The molecule has 1 saturated heterocycles. The Kier molecular flexibility index (Phi) is 7.66. The van der Waals surface area contributed by atoms with Gasteiger partial charge in [-0.25, -0.2) is 0 Å². The molecule has 3 aliphatic rings. The van der Waals surface area contributed by atoms with E-state index < -0.39 is 11.7 Å². The lowest BCUT2D eigenvalue weighted by Crippen LogP contribution is -2.57. The van der Waals surface area contributed by atoms with Gasteiger partial charge in [0.15, 0.2) is 0 Å². The van der Waals surface area contributed by atoms with Crippen molar-refractivity contribution in [3.8, 4) is 0 Å². The van der Waals surface area contributed by atoms with Gasteiger partial charge in [0.05, 0.1) is 12.0 Å². The van der Waals surface area contributed by atoms with Gasteiger partial charge in [-0.3, -0.25) is 9.69 Å². The summed E-state index contributed by atoms with van der Waals surface area (Å²) in [6.45, 7) is 14.9. The molecule has 0 unspecified atom stereocenters. The number of ether oxygens (including phenoxy) is 1. The Balaban J connectivity index is 1.40. The van der Waals surface area contributed by atoms with E-state index in [0.29, 0.717) is 11.8 Å². The van der Waals surface area contributed by atoms with E-state index in [4.69, 9.17) is 16.3 Å². The van der Waals surface area contributed by atoms with E-state index in [1.807, 2.05) is 13.8 Å². The third-order valence-electron chi connectivity index (χ3n) is 8.33. The summed E-state index contributed by atoms with van der Waals surface area (Å²) < 4.78 is 5.44. The van der Waals surface area contributed by atoms with E-state index in [1.54, 1.807) is 0 Å². The molecule has 1 heterocycles. The molecule has 0 amide bonds. The minimum atomic E-state index is -1.06. The van der Waals surface area contributed by atoms with Crippen LogP contribution in [0.2, 0.25) is 5.02 Å². The molecule has 0 aromatic heterocycles. The average molecular weight is 487 g/mol. The van der Waals surface area contributed by atoms with Crippen molar-refractivity contribution in [1.82, 2.24) is 4.90 Å². The number of esters is 1. The van der Waals surface area contributed by atoms with Crippen molar-refractivity contribution in [3.05, 3.63) is 46.9 Å². The van der Waals surface area contributed by atoms with Crippen LogP contribution in [0.25, 0.3) is 0 Å². The molecular formula is C28H39ClN2O3. The number of carbonyl (C=O) groups excluding carboxylic acids is 1. The molecule has 2 aliphatic carbocycles. The molecule has 6 heteroatoms. The fourth-order valence-electron chi connectivity index (χ4n) is 6.12. The fraction of sp³-hybridized carbons (Fsp3) is 0.643. The predicted molar refractivity (Wildman–Crippen MR) is 137 cm³/mol. The van der Waals surface area contributed by atoms with Gasteiger partial charge in [-0.15, -0.1) is 0 Å². The molecule has 186 valence electrons. The minimum Gasteiger partial charge on any atom is -0.457 e. The fourth-order valence-corrected chi connectivity index (χ4v) is 6.29. The first kappa shape index (κ1) is 25.5. The van der Waals surface area contributed by atoms with Crippen molar-refractivity contribution in [2.24, 2.45) is 23.7 Å². The molecule has 6 atom stereocenters. The second-order valence-corrected chi connectivity index (χ2v) is 11.1. The van der Waals surface area contributed by atoms with Crippen LogP contribution < -0.4 is 4.90 Å². The van der Waals surface area contributed by atoms with Gasteiger partial charge in [0.1, 0.15) is 6.10 Å². The van der Waals surface area contributed by atoms with Crippen molar-refractivity contribution in [2.75, 3.05) is 37.6 Å². The number of piperazine rings is 1. The molecule has 34 heavy (non-hydrogen) atoms. The number of aliphatic hydroxyl groups is 1. The van der Waals surface area contributed by atoms with Crippen molar-refractivity contribution in [2.45, 2.75) is 59.2 Å². The number of benzene rings is 1. The molecule has 1 aromatic carbocycles. The van der Waals surface area contributed by atoms with Gasteiger partial charge >= 0.3 is 5.97 Å². The lowest BCUT2D eigenvalue weighted by atomic mass is 9.57. The predicted octanol–water partition coefficient (Wildman–Crippen LogP) is 4.77. The lowest BCUT2D eigenvalue weighted by molar-refractivity contribution is -0.148. The van der Waals surface area contributed by atoms with Crippen LogP contribution in [0.1, 0.15) is 46.1 Å². The zero-order valence-corrected chi connectivity index (χ0v) is 21.9. The van der Waals surface area contributed by atoms with E-state index in [-0.39, 0.29) is 17.8 Å². The molecular weight excluding hydrogens is 448 g/mol. The smallest absolute Gasteiger partial charge is 0.303 e. The average Bonchev–Trinajstić information content (AvgIpc) is 2.78. The van der Waals surface area contributed by atoms with Crippen LogP contribution >= 0.6 is 11.6 Å². The molecule has 2 fully saturated rings. The number of nitrogens with zero attached hydrogens (tertiary/aromatic N) is 2. The Morgan fingerprint density at radius 1 is 1.26 bits per heavy atom. The highest BCUT2D eigenvalue weighted by Gasteiger charge is 2.53. The topological polar surface area (TPSA) is 53.0 Å². The van der Waals surface area contributed by atoms with Crippen molar-refractivity contribution in [3.63, 3.8) is 0 Å². The highest BCUT2D eigenvalue weighted by Crippen LogP contribution is 2.50. The number of anilines is 1. The summed E-state index contributed by atoms with van der Waals surface area (Å²) in [5.41, 5.74) is 2.23. The molecule has 0 spiro atoms. The highest BCUT2D eigenvalue weighted by molar-refractivity contribution is 6.31. The summed E-state index contributed by atoms with van der Waals surface area (Å²) in [4.78, 5) is 16.5. The number of fused-ring (bicyclic) bond motifs is 1. The first-order valence-electron chi connectivity index (χ1n) is 12.7. The summed E-state index contributed by atoms with van der Waals surface area (Å²) >= 11 is 6.35. The number of halogens is 1. The van der Waals surface area contributed by atoms with Crippen LogP contribution in [0, 0.1) is 37.0 Å². The lowest BCUT2D eigenvalue weighted by Gasteiger charge is -2.53. The normalized spacial score (nSPS) is 33.1. The summed E-state index contributed by atoms with van der Waals surface area (Å²) in [7, 11) is 0. The first-order chi connectivity index (χ1) is 16.1. The standard InChI is InChI=1S/C28H39ClN2O3/c1-18-6-8-23(15-26(18)29)31-12-10-30(11-13-31)17-20(3)24-9-7-21(4)28(33)16-27(34-22(5)32)19(2)14-25(24)28/h6,8,14-15,20-21,24-25,27,33H,7,9-13,17H2,1-5H3/t20-,21-,24+,25-,27-,28-/m1/s1. The summed E-state index contributed by atoms with van der Waals surface area (Å²) in [6, 6.07) is 6.33. The number of aryl methyl sites for hydroxylation is 1. The van der Waals surface area contributed by atoms with Gasteiger partial charge in [-0.05, 0) is 67.7 Å². The molecule has 1 aliphatic heterocycles. The highest BCUT2D eigenvalue weighted by atomic mass is 35.5. The van der Waals surface area contributed by atoms with Crippen molar-refractivity contribution in [1.29, 1.82) is 0 Å². The summed E-state index contributed by atoms with van der Waals surface area (Å²) in [5.74, 6) is 0.575. The monoisotopic (exact) mass is 486 g/mol. The molecule has 5 nitrogen and oxygen atoms in total. The van der Waals surface area contributed by atoms with Gasteiger partial charge in [-0.2, -0.15) is 0 Å². The Bertz CT molecular complexity index is 926. The van der Waals surface area contributed by atoms with Gasteiger partial charge in [-0.1, -0.05) is 37.6 Å². The maximum Gasteiger partial charge on any atom is 0.303 e.